The number of phenols is 1. The van der Waals surface area contributed by atoms with Gasteiger partial charge in [0.1, 0.15) is 5.75 Å². The molecule has 33 heavy (non-hydrogen) atoms. The summed E-state index contributed by atoms with van der Waals surface area (Å²) >= 11 is 18.0. The normalized spacial score (nSPS) is 11.8. The predicted molar refractivity (Wildman–Crippen MR) is 129 cm³/mol. The molecule has 0 unspecified atom stereocenters. The Morgan fingerprint density at radius 3 is 2.36 bits per heavy atom. The van der Waals surface area contributed by atoms with E-state index in [1.165, 1.54) is 48.7 Å². The van der Waals surface area contributed by atoms with Crippen molar-refractivity contribution in [3.8, 4) is 5.75 Å². The second-order valence-electron chi connectivity index (χ2n) is 6.85. The van der Waals surface area contributed by atoms with Crippen molar-refractivity contribution >= 4 is 56.9 Å². The van der Waals surface area contributed by atoms with E-state index in [9.17, 15) is 18.3 Å². The highest BCUT2D eigenvalue weighted by Crippen LogP contribution is 2.25. The van der Waals surface area contributed by atoms with E-state index in [0.29, 0.717) is 21.2 Å². The summed E-state index contributed by atoms with van der Waals surface area (Å²) in [6.45, 7) is -0.702. The molecule has 0 spiro atoms. The van der Waals surface area contributed by atoms with Crippen molar-refractivity contribution < 1.29 is 18.3 Å². The maximum atomic E-state index is 13.3. The molecule has 0 heterocycles. The van der Waals surface area contributed by atoms with Crippen molar-refractivity contribution in [3.05, 3.63) is 92.9 Å². The average molecular weight is 527 g/mol. The summed E-state index contributed by atoms with van der Waals surface area (Å²) in [6.07, 6.45) is 1.33. The highest BCUT2D eigenvalue weighted by Gasteiger charge is 2.27. The number of nitrogens with one attached hydrogen (secondary N) is 1. The number of aromatic hydroxyl groups is 1. The number of hydrogen-bond acceptors (Lipinski definition) is 5. The van der Waals surface area contributed by atoms with E-state index in [4.69, 9.17) is 34.8 Å². The average Bonchev–Trinajstić information content (AvgIpc) is 2.75. The number of phenolic OH excluding ortho intramolecular Hbond substituents is 1. The molecule has 0 saturated heterocycles. The van der Waals surface area contributed by atoms with Crippen LogP contribution in [0.3, 0.4) is 0 Å². The Hall–Kier alpha value is -2.62. The van der Waals surface area contributed by atoms with Gasteiger partial charge in [0, 0.05) is 21.6 Å². The molecule has 0 aromatic heterocycles. The Morgan fingerprint density at radius 2 is 1.70 bits per heavy atom. The summed E-state index contributed by atoms with van der Waals surface area (Å²) < 4.78 is 27.5. The van der Waals surface area contributed by atoms with Crippen LogP contribution in [0, 0.1) is 0 Å². The zero-order valence-corrected chi connectivity index (χ0v) is 20.0. The predicted octanol–water partition coefficient (Wildman–Crippen LogP) is 4.69. The Kier molecular flexibility index (Phi) is 8.34. The number of carbonyl (C=O) groups excluding carboxylic acids is 1. The molecule has 0 aliphatic heterocycles. The largest absolute Gasteiger partial charge is 0.508 e. The quantitative estimate of drug-likeness (QED) is 0.328. The fraction of sp³-hybridized carbons (Fsp3) is 0.0909. The molecule has 3 aromatic carbocycles. The third-order valence-corrected chi connectivity index (χ3v) is 7.05. The monoisotopic (exact) mass is 525 g/mol. The fourth-order valence-corrected chi connectivity index (χ4v) is 4.77. The summed E-state index contributed by atoms with van der Waals surface area (Å²) in [7, 11) is -4.08. The molecule has 0 saturated carbocycles. The number of halogens is 3. The van der Waals surface area contributed by atoms with Crippen LogP contribution >= 0.6 is 34.8 Å². The molecule has 1 amide bonds. The first-order valence-corrected chi connectivity index (χ1v) is 12.0. The first-order valence-electron chi connectivity index (χ1n) is 9.46. The van der Waals surface area contributed by atoms with Gasteiger partial charge in [-0.25, -0.2) is 13.8 Å². The lowest BCUT2D eigenvalue weighted by molar-refractivity contribution is -0.121. The Bertz CT molecular complexity index is 1280. The summed E-state index contributed by atoms with van der Waals surface area (Å²) in [5.74, 6) is -0.626. The zero-order chi connectivity index (χ0) is 24.0. The van der Waals surface area contributed by atoms with Crippen LogP contribution in [0.15, 0.2) is 76.7 Å². The van der Waals surface area contributed by atoms with E-state index >= 15 is 0 Å². The minimum atomic E-state index is -4.08. The molecule has 3 rings (SSSR count). The first-order chi connectivity index (χ1) is 15.6. The third kappa shape index (κ3) is 6.93. The zero-order valence-electron chi connectivity index (χ0n) is 17.0. The van der Waals surface area contributed by atoms with Gasteiger partial charge >= 0.3 is 0 Å². The Labute approximate surface area is 206 Å². The van der Waals surface area contributed by atoms with Crippen molar-refractivity contribution in [2.24, 2.45) is 5.10 Å². The number of hydrogen-bond donors (Lipinski definition) is 2. The molecule has 7 nitrogen and oxygen atoms in total. The molecule has 0 fully saturated rings. The highest BCUT2D eigenvalue weighted by atomic mass is 35.5. The molecule has 2 N–H and O–H groups in total. The van der Waals surface area contributed by atoms with E-state index in [2.05, 4.69) is 10.5 Å². The lowest BCUT2D eigenvalue weighted by Gasteiger charge is -2.22. The van der Waals surface area contributed by atoms with Crippen LogP contribution in [0.1, 0.15) is 11.1 Å². The number of carbonyl (C=O) groups is 1. The van der Waals surface area contributed by atoms with Crippen LogP contribution in [0.25, 0.3) is 0 Å². The molecule has 0 radical (unpaired) electrons. The number of nitrogens with zero attached hydrogens (tertiary/aromatic N) is 2. The number of amides is 1. The van der Waals surface area contributed by atoms with Crippen LogP contribution in [-0.2, 0) is 21.4 Å². The van der Waals surface area contributed by atoms with E-state index in [-0.39, 0.29) is 22.2 Å². The van der Waals surface area contributed by atoms with Crippen LogP contribution in [0.4, 0.5) is 0 Å². The number of rotatable bonds is 8. The van der Waals surface area contributed by atoms with Gasteiger partial charge in [-0.05, 0) is 59.7 Å². The van der Waals surface area contributed by atoms with Crippen LogP contribution < -0.4 is 5.43 Å². The molecule has 0 atom stereocenters. The number of sulfonamides is 1. The molecule has 0 bridgehead atoms. The van der Waals surface area contributed by atoms with Gasteiger partial charge in [0.05, 0.1) is 17.7 Å². The van der Waals surface area contributed by atoms with Gasteiger partial charge in [0.25, 0.3) is 5.91 Å². The topological polar surface area (TPSA) is 99.1 Å². The van der Waals surface area contributed by atoms with Gasteiger partial charge in [0.15, 0.2) is 0 Å². The van der Waals surface area contributed by atoms with E-state index in [1.807, 2.05) is 0 Å². The lowest BCUT2D eigenvalue weighted by Crippen LogP contribution is -2.39. The fourth-order valence-electron chi connectivity index (χ4n) is 2.80. The van der Waals surface area contributed by atoms with Crippen molar-refractivity contribution in [2.45, 2.75) is 11.4 Å². The number of hydrazone groups is 1. The van der Waals surface area contributed by atoms with Crippen molar-refractivity contribution in [3.63, 3.8) is 0 Å². The van der Waals surface area contributed by atoms with Crippen molar-refractivity contribution in [2.75, 3.05) is 6.54 Å². The third-order valence-electron chi connectivity index (χ3n) is 4.41. The molecular formula is C22H18Cl3N3O4S. The molecule has 11 heteroatoms. The van der Waals surface area contributed by atoms with Crippen LogP contribution in [-0.4, -0.2) is 36.5 Å². The van der Waals surface area contributed by atoms with Crippen molar-refractivity contribution in [1.29, 1.82) is 0 Å². The maximum Gasteiger partial charge on any atom is 0.255 e. The number of benzene rings is 3. The highest BCUT2D eigenvalue weighted by molar-refractivity contribution is 7.89. The Balaban J connectivity index is 1.82. The van der Waals surface area contributed by atoms with Gasteiger partial charge in [0.2, 0.25) is 10.0 Å². The second-order valence-corrected chi connectivity index (χ2v) is 10.1. The SMILES string of the molecule is O=C(CN(Cc1ccc(Cl)cc1Cl)S(=O)(=O)c1ccc(Cl)cc1)N/N=C\c1cccc(O)c1. The summed E-state index contributed by atoms with van der Waals surface area (Å²) in [6, 6.07) is 16.5. The van der Waals surface area contributed by atoms with Crippen LogP contribution in [0.2, 0.25) is 15.1 Å². The molecule has 0 aliphatic rings. The van der Waals surface area contributed by atoms with Gasteiger partial charge < -0.3 is 5.11 Å². The van der Waals surface area contributed by atoms with Gasteiger partial charge in [-0.2, -0.15) is 9.41 Å². The van der Waals surface area contributed by atoms with Gasteiger partial charge in [-0.15, -0.1) is 0 Å². The standard InChI is InChI=1S/C22H18Cl3N3O4S/c23-17-6-8-20(9-7-17)33(31,32)28(13-16-4-5-18(24)11-21(16)25)14-22(30)27-26-12-15-2-1-3-19(29)10-15/h1-12,29H,13-14H2,(H,27,30)/b26-12-. The minimum absolute atomic E-state index is 0.0342. The lowest BCUT2D eigenvalue weighted by atomic mass is 10.2. The van der Waals surface area contributed by atoms with Gasteiger partial charge in [-0.1, -0.05) is 53.0 Å². The Morgan fingerprint density at radius 1 is 1.00 bits per heavy atom. The van der Waals surface area contributed by atoms with E-state index in [0.717, 1.165) is 4.31 Å². The van der Waals surface area contributed by atoms with E-state index in [1.54, 1.807) is 24.3 Å². The smallest absolute Gasteiger partial charge is 0.255 e. The maximum absolute atomic E-state index is 13.3. The molecule has 172 valence electrons. The molecule has 3 aromatic rings. The summed E-state index contributed by atoms with van der Waals surface area (Å²) in [5.41, 5.74) is 3.31. The van der Waals surface area contributed by atoms with Crippen LogP contribution in [0.5, 0.6) is 5.75 Å². The van der Waals surface area contributed by atoms with Crippen molar-refractivity contribution in [1.82, 2.24) is 9.73 Å². The second kappa shape index (κ2) is 11.0. The summed E-state index contributed by atoms with van der Waals surface area (Å²) in [5, 5.41) is 14.3. The molecule has 0 aliphatic carbocycles. The van der Waals surface area contributed by atoms with Gasteiger partial charge in [-0.3, -0.25) is 4.79 Å². The first kappa shape index (κ1) is 25.0. The van der Waals surface area contributed by atoms with E-state index < -0.39 is 22.5 Å². The molecular weight excluding hydrogens is 509 g/mol. The summed E-state index contributed by atoms with van der Waals surface area (Å²) in [4.78, 5) is 12.5. The minimum Gasteiger partial charge on any atom is -0.508 e.